The molecule has 7 heteroatoms. The summed E-state index contributed by atoms with van der Waals surface area (Å²) < 4.78 is 31.6. The lowest BCUT2D eigenvalue weighted by Crippen LogP contribution is -2.35. The zero-order valence-corrected chi connectivity index (χ0v) is 12.0. The van der Waals surface area contributed by atoms with Crippen LogP contribution in [-0.4, -0.2) is 28.2 Å². The summed E-state index contributed by atoms with van der Waals surface area (Å²) in [6.07, 6.45) is 1.04. The van der Waals surface area contributed by atoms with Crippen LogP contribution in [0, 0.1) is 5.92 Å². The van der Waals surface area contributed by atoms with Gasteiger partial charge in [0.2, 0.25) is 0 Å². The second kappa shape index (κ2) is 6.01. The average Bonchev–Trinajstić information content (AvgIpc) is 2.47. The molecule has 0 spiro atoms. The summed E-state index contributed by atoms with van der Waals surface area (Å²) >= 11 is 0. The van der Waals surface area contributed by atoms with Crippen LogP contribution in [0.5, 0.6) is 0 Å². The predicted molar refractivity (Wildman–Crippen MR) is 70.3 cm³/mol. The minimum absolute atomic E-state index is 0.150. The van der Waals surface area contributed by atoms with Gasteiger partial charge in [0.1, 0.15) is 16.9 Å². The summed E-state index contributed by atoms with van der Waals surface area (Å²) in [6.45, 7) is 2.12. The van der Waals surface area contributed by atoms with E-state index in [1.54, 1.807) is 0 Å². The minimum atomic E-state index is -2.96. The Bertz CT molecular complexity index is 529. The second-order valence-electron chi connectivity index (χ2n) is 5.48. The molecule has 5 nitrogen and oxygen atoms in total. The second-order valence-corrected chi connectivity index (χ2v) is 5.48. The van der Waals surface area contributed by atoms with Crippen molar-refractivity contribution < 1.29 is 23.4 Å². The fourth-order valence-electron chi connectivity index (χ4n) is 2.69. The van der Waals surface area contributed by atoms with Gasteiger partial charge < -0.3 is 9.84 Å². The third kappa shape index (κ3) is 3.02. The molecule has 116 valence electrons. The van der Waals surface area contributed by atoms with Crippen molar-refractivity contribution >= 4 is 5.97 Å². The first-order valence-electron chi connectivity index (χ1n) is 6.83. The molecule has 1 N–H and O–H groups in total. The molecule has 0 radical (unpaired) electrons. The summed E-state index contributed by atoms with van der Waals surface area (Å²) in [4.78, 5) is 18.8. The summed E-state index contributed by atoms with van der Waals surface area (Å²) in [7, 11) is 1.51. The number of hydrogen-bond donors (Lipinski definition) is 1. The number of aromatic nitrogens is 2. The van der Waals surface area contributed by atoms with E-state index in [2.05, 4.69) is 16.9 Å². The van der Waals surface area contributed by atoms with Crippen LogP contribution in [0.4, 0.5) is 8.78 Å². The fourth-order valence-corrected chi connectivity index (χ4v) is 2.69. The molecule has 0 amide bonds. The smallest absolute Gasteiger partial charge is 0.339 e. The Morgan fingerprint density at radius 2 is 2.10 bits per heavy atom. The SMILES string of the molecule is COC1(c2ncc(C(=O)O)c(C(F)F)n2)CCC(C)CC1. The maximum Gasteiger partial charge on any atom is 0.339 e. The van der Waals surface area contributed by atoms with Gasteiger partial charge >= 0.3 is 5.97 Å². The van der Waals surface area contributed by atoms with E-state index in [-0.39, 0.29) is 5.82 Å². The number of ether oxygens (including phenoxy) is 1. The molecule has 0 atom stereocenters. The van der Waals surface area contributed by atoms with Crippen molar-refractivity contribution in [3.63, 3.8) is 0 Å². The number of aromatic carboxylic acids is 1. The van der Waals surface area contributed by atoms with E-state index in [0.717, 1.165) is 19.0 Å². The molecule has 0 aliphatic heterocycles. The number of halogens is 2. The first-order chi connectivity index (χ1) is 9.89. The molecule has 0 aromatic carbocycles. The van der Waals surface area contributed by atoms with Crippen molar-refractivity contribution in [1.82, 2.24) is 9.97 Å². The normalized spacial score (nSPS) is 26.0. The molecular formula is C14H18F2N2O3. The minimum Gasteiger partial charge on any atom is -0.478 e. The van der Waals surface area contributed by atoms with Crippen molar-refractivity contribution in [2.24, 2.45) is 5.92 Å². The molecule has 1 aliphatic carbocycles. The molecule has 1 aromatic heterocycles. The molecule has 2 rings (SSSR count). The van der Waals surface area contributed by atoms with E-state index in [9.17, 15) is 13.6 Å². The van der Waals surface area contributed by atoms with Gasteiger partial charge in [-0.15, -0.1) is 0 Å². The Morgan fingerprint density at radius 1 is 1.48 bits per heavy atom. The van der Waals surface area contributed by atoms with Crippen molar-refractivity contribution in [2.75, 3.05) is 7.11 Å². The quantitative estimate of drug-likeness (QED) is 0.924. The van der Waals surface area contributed by atoms with Crippen LogP contribution in [0.3, 0.4) is 0 Å². The highest BCUT2D eigenvalue weighted by Crippen LogP contribution is 2.41. The molecule has 1 aromatic rings. The van der Waals surface area contributed by atoms with E-state index < -0.39 is 29.3 Å². The van der Waals surface area contributed by atoms with E-state index in [1.165, 1.54) is 7.11 Å². The van der Waals surface area contributed by atoms with Crippen LogP contribution < -0.4 is 0 Å². The van der Waals surface area contributed by atoms with Crippen molar-refractivity contribution in [3.8, 4) is 0 Å². The number of hydrogen-bond acceptors (Lipinski definition) is 4. The standard InChI is InChI=1S/C14H18F2N2O3/c1-8-3-5-14(21-2,6-4-8)13-17-7-9(12(19)20)10(18-13)11(15)16/h7-8,11H,3-6H2,1-2H3,(H,19,20). The Kier molecular flexibility index (Phi) is 4.51. The van der Waals surface area contributed by atoms with Gasteiger partial charge in [-0.05, 0) is 31.6 Å². The van der Waals surface area contributed by atoms with Gasteiger partial charge in [-0.2, -0.15) is 0 Å². The molecular weight excluding hydrogens is 282 g/mol. The van der Waals surface area contributed by atoms with Crippen molar-refractivity contribution in [3.05, 3.63) is 23.3 Å². The Balaban J connectivity index is 2.43. The zero-order chi connectivity index (χ0) is 15.6. The van der Waals surface area contributed by atoms with Crippen LogP contribution in [0.25, 0.3) is 0 Å². The molecule has 1 saturated carbocycles. The molecule has 1 fully saturated rings. The molecule has 1 aliphatic rings. The van der Waals surface area contributed by atoms with Crippen molar-refractivity contribution in [2.45, 2.75) is 44.6 Å². The average molecular weight is 300 g/mol. The highest BCUT2D eigenvalue weighted by Gasteiger charge is 2.39. The number of carboxylic acids is 1. The van der Waals surface area contributed by atoms with Crippen LogP contribution in [0.2, 0.25) is 0 Å². The summed E-state index contributed by atoms with van der Waals surface area (Å²) in [5, 5.41) is 8.93. The number of rotatable bonds is 4. The lowest BCUT2D eigenvalue weighted by atomic mass is 9.79. The van der Waals surface area contributed by atoms with E-state index >= 15 is 0 Å². The van der Waals surface area contributed by atoms with Gasteiger partial charge in [0, 0.05) is 13.3 Å². The fraction of sp³-hybridized carbons (Fsp3) is 0.643. The largest absolute Gasteiger partial charge is 0.478 e. The maximum atomic E-state index is 13.0. The van der Waals surface area contributed by atoms with Gasteiger partial charge in [0.05, 0.1) is 0 Å². The highest BCUT2D eigenvalue weighted by atomic mass is 19.3. The summed E-state index contributed by atoms with van der Waals surface area (Å²) in [5.41, 5.74) is -2.11. The van der Waals surface area contributed by atoms with Crippen LogP contribution in [-0.2, 0) is 10.3 Å². The predicted octanol–water partition coefficient (Wildman–Crippen LogP) is 3.16. The van der Waals surface area contributed by atoms with E-state index in [1.807, 2.05) is 0 Å². The molecule has 0 bridgehead atoms. The molecule has 0 saturated heterocycles. The molecule has 1 heterocycles. The first kappa shape index (κ1) is 15.8. The number of carboxylic acid groups (broad SMARTS) is 1. The van der Waals surface area contributed by atoms with E-state index in [0.29, 0.717) is 18.8 Å². The maximum absolute atomic E-state index is 13.0. The molecule has 21 heavy (non-hydrogen) atoms. The summed E-state index contributed by atoms with van der Waals surface area (Å²) in [5.74, 6) is -0.765. The van der Waals surface area contributed by atoms with Crippen LogP contribution >= 0.6 is 0 Å². The van der Waals surface area contributed by atoms with Crippen LogP contribution in [0.1, 0.15) is 60.9 Å². The van der Waals surface area contributed by atoms with Gasteiger partial charge in [0.15, 0.2) is 5.82 Å². The summed E-state index contributed by atoms with van der Waals surface area (Å²) in [6, 6.07) is 0. The van der Waals surface area contributed by atoms with Gasteiger partial charge in [-0.3, -0.25) is 0 Å². The Morgan fingerprint density at radius 3 is 2.57 bits per heavy atom. The Labute approximate surface area is 121 Å². The van der Waals surface area contributed by atoms with Gasteiger partial charge in [-0.25, -0.2) is 23.5 Å². The van der Waals surface area contributed by atoms with Crippen LogP contribution in [0.15, 0.2) is 6.20 Å². The van der Waals surface area contributed by atoms with E-state index in [4.69, 9.17) is 9.84 Å². The topological polar surface area (TPSA) is 72.3 Å². The lowest BCUT2D eigenvalue weighted by Gasteiger charge is -2.37. The lowest BCUT2D eigenvalue weighted by molar-refractivity contribution is -0.0602. The van der Waals surface area contributed by atoms with Crippen molar-refractivity contribution in [1.29, 1.82) is 0 Å². The third-order valence-electron chi connectivity index (χ3n) is 4.14. The monoisotopic (exact) mass is 300 g/mol. The number of carbonyl (C=O) groups is 1. The number of methoxy groups -OCH3 is 1. The molecule has 0 unspecified atom stereocenters. The first-order valence-corrected chi connectivity index (χ1v) is 6.83. The number of nitrogens with zero attached hydrogens (tertiary/aromatic N) is 2. The third-order valence-corrected chi connectivity index (χ3v) is 4.14. The highest BCUT2D eigenvalue weighted by molar-refractivity contribution is 5.88. The van der Waals surface area contributed by atoms with Gasteiger partial charge in [0.25, 0.3) is 6.43 Å². The van der Waals surface area contributed by atoms with Gasteiger partial charge in [-0.1, -0.05) is 6.92 Å². The number of alkyl halides is 2. The zero-order valence-electron chi connectivity index (χ0n) is 12.0. The Hall–Kier alpha value is -1.63.